The first kappa shape index (κ1) is 13.2. The summed E-state index contributed by atoms with van der Waals surface area (Å²) in [5.41, 5.74) is 9.96. The second-order valence-electron chi connectivity index (χ2n) is 5.66. The predicted molar refractivity (Wildman–Crippen MR) is 81.7 cm³/mol. The van der Waals surface area contributed by atoms with Crippen molar-refractivity contribution in [2.45, 2.75) is 47.5 Å². The third kappa shape index (κ3) is 2.77. The Bertz CT molecular complexity index is 510. The molecule has 0 heterocycles. The summed E-state index contributed by atoms with van der Waals surface area (Å²) in [6.07, 6.45) is 4.71. The molecule has 1 aromatic carbocycles. The molecule has 1 aliphatic carbocycles. The Morgan fingerprint density at radius 1 is 0.889 bits per heavy atom. The van der Waals surface area contributed by atoms with Crippen LogP contribution in [0.3, 0.4) is 0 Å². The molecule has 0 bridgehead atoms. The van der Waals surface area contributed by atoms with Gasteiger partial charge in [0, 0.05) is 0 Å². The minimum Gasteiger partial charge on any atom is -0.0993 e. The SMILES string of the molecule is CC1=CC(C)=C([B]c2c(C)cc(C)cc2C)CC1. The van der Waals surface area contributed by atoms with Crippen molar-refractivity contribution >= 4 is 12.7 Å². The number of aryl methyl sites for hydroxylation is 3. The van der Waals surface area contributed by atoms with E-state index in [4.69, 9.17) is 0 Å². The van der Waals surface area contributed by atoms with E-state index in [9.17, 15) is 0 Å². The van der Waals surface area contributed by atoms with Crippen LogP contribution < -0.4 is 5.46 Å². The summed E-state index contributed by atoms with van der Waals surface area (Å²) in [5.74, 6) is 0. The molecular weight excluding hydrogens is 215 g/mol. The van der Waals surface area contributed by atoms with E-state index in [1.165, 1.54) is 51.6 Å². The van der Waals surface area contributed by atoms with E-state index in [1.807, 2.05) is 0 Å². The Labute approximate surface area is 112 Å². The molecule has 0 spiro atoms. The van der Waals surface area contributed by atoms with E-state index in [1.54, 1.807) is 0 Å². The second kappa shape index (κ2) is 5.18. The number of rotatable bonds is 2. The van der Waals surface area contributed by atoms with Gasteiger partial charge in [-0.2, -0.15) is 0 Å². The quantitative estimate of drug-likeness (QED) is 0.683. The van der Waals surface area contributed by atoms with Crippen LogP contribution in [0.1, 0.15) is 43.4 Å². The average Bonchev–Trinajstić information content (AvgIpc) is 2.25. The normalized spacial score (nSPS) is 15.7. The predicted octanol–water partition coefficient (Wildman–Crippen LogP) is 3.96. The van der Waals surface area contributed by atoms with Crippen molar-refractivity contribution < 1.29 is 0 Å². The molecule has 0 saturated heterocycles. The third-order valence-corrected chi connectivity index (χ3v) is 3.81. The minimum absolute atomic E-state index is 1.18. The molecule has 0 amide bonds. The van der Waals surface area contributed by atoms with Gasteiger partial charge in [-0.15, -0.1) is 0 Å². The second-order valence-corrected chi connectivity index (χ2v) is 5.66. The van der Waals surface area contributed by atoms with E-state index in [0.29, 0.717) is 0 Å². The van der Waals surface area contributed by atoms with Gasteiger partial charge in [0.25, 0.3) is 0 Å². The van der Waals surface area contributed by atoms with Gasteiger partial charge < -0.3 is 0 Å². The molecule has 0 nitrogen and oxygen atoms in total. The van der Waals surface area contributed by atoms with E-state index < -0.39 is 0 Å². The van der Waals surface area contributed by atoms with Crippen LogP contribution in [0.25, 0.3) is 0 Å². The first-order chi connectivity index (χ1) is 8.47. The van der Waals surface area contributed by atoms with Crippen molar-refractivity contribution in [3.63, 3.8) is 0 Å². The number of benzene rings is 1. The summed E-state index contributed by atoms with van der Waals surface area (Å²) in [5, 5.41) is 0. The summed E-state index contributed by atoms with van der Waals surface area (Å²) in [7, 11) is 2.39. The number of allylic oxidation sites excluding steroid dienone is 4. The maximum atomic E-state index is 2.39. The van der Waals surface area contributed by atoms with E-state index >= 15 is 0 Å². The minimum atomic E-state index is 1.18. The van der Waals surface area contributed by atoms with E-state index in [0.717, 1.165) is 0 Å². The summed E-state index contributed by atoms with van der Waals surface area (Å²) < 4.78 is 0. The Balaban J connectivity index is 2.33. The van der Waals surface area contributed by atoms with Gasteiger partial charge in [-0.25, -0.2) is 0 Å². The zero-order valence-electron chi connectivity index (χ0n) is 12.2. The zero-order chi connectivity index (χ0) is 13.3. The lowest BCUT2D eigenvalue weighted by Gasteiger charge is -2.18. The fraction of sp³-hybridized carbons (Fsp3) is 0.412. The molecule has 1 aromatic rings. The Kier molecular flexibility index (Phi) is 3.80. The molecule has 1 radical (unpaired) electrons. The molecule has 2 rings (SSSR count). The van der Waals surface area contributed by atoms with Crippen LogP contribution in [0.15, 0.2) is 34.8 Å². The molecule has 93 valence electrons. The molecule has 1 aliphatic rings. The molecule has 0 aromatic heterocycles. The van der Waals surface area contributed by atoms with Gasteiger partial charge in [-0.3, -0.25) is 0 Å². The maximum absolute atomic E-state index is 2.39. The average molecular weight is 237 g/mol. The molecule has 0 aliphatic heterocycles. The lowest BCUT2D eigenvalue weighted by Crippen LogP contribution is -2.24. The Hall–Kier alpha value is -1.24. The van der Waals surface area contributed by atoms with Gasteiger partial charge in [0.15, 0.2) is 7.28 Å². The van der Waals surface area contributed by atoms with Crippen LogP contribution in [0.2, 0.25) is 0 Å². The van der Waals surface area contributed by atoms with Crippen LogP contribution in [-0.4, -0.2) is 7.28 Å². The van der Waals surface area contributed by atoms with Crippen molar-refractivity contribution in [3.8, 4) is 0 Å². The zero-order valence-corrected chi connectivity index (χ0v) is 12.2. The van der Waals surface area contributed by atoms with E-state index in [2.05, 4.69) is 60.1 Å². The van der Waals surface area contributed by atoms with Crippen molar-refractivity contribution in [3.05, 3.63) is 51.5 Å². The largest absolute Gasteiger partial charge is 0.186 e. The molecule has 0 fully saturated rings. The van der Waals surface area contributed by atoms with Gasteiger partial charge in [0.1, 0.15) is 0 Å². The summed E-state index contributed by atoms with van der Waals surface area (Å²) >= 11 is 0. The van der Waals surface area contributed by atoms with Crippen LogP contribution in [0.4, 0.5) is 0 Å². The fourth-order valence-electron chi connectivity index (χ4n) is 2.84. The topological polar surface area (TPSA) is 0 Å². The fourth-order valence-corrected chi connectivity index (χ4v) is 2.84. The highest BCUT2D eigenvalue weighted by atomic mass is 14.1. The van der Waals surface area contributed by atoms with Gasteiger partial charge >= 0.3 is 0 Å². The lowest BCUT2D eigenvalue weighted by atomic mass is 9.57. The maximum Gasteiger partial charge on any atom is 0.186 e. The van der Waals surface area contributed by atoms with Gasteiger partial charge in [0.05, 0.1) is 0 Å². The number of hydrogen-bond acceptors (Lipinski definition) is 0. The Morgan fingerprint density at radius 2 is 1.50 bits per heavy atom. The highest BCUT2D eigenvalue weighted by Crippen LogP contribution is 2.23. The van der Waals surface area contributed by atoms with Crippen molar-refractivity contribution in [2.24, 2.45) is 0 Å². The van der Waals surface area contributed by atoms with Crippen LogP contribution in [0.5, 0.6) is 0 Å². The molecule has 0 unspecified atom stereocenters. The van der Waals surface area contributed by atoms with Crippen LogP contribution in [-0.2, 0) is 0 Å². The van der Waals surface area contributed by atoms with E-state index in [-0.39, 0.29) is 0 Å². The van der Waals surface area contributed by atoms with Crippen LogP contribution >= 0.6 is 0 Å². The molecule has 0 atom stereocenters. The standard InChI is InChI=1S/C17H22B/c1-11-6-7-16(13(3)8-11)18-17-14(4)9-12(2)10-15(17)5/h8-10H,6-7H2,1-5H3. The van der Waals surface area contributed by atoms with Gasteiger partial charge in [-0.1, -0.05) is 57.0 Å². The lowest BCUT2D eigenvalue weighted by molar-refractivity contribution is 0.928. The number of hydrogen-bond donors (Lipinski definition) is 0. The monoisotopic (exact) mass is 237 g/mol. The summed E-state index contributed by atoms with van der Waals surface area (Å²) in [6.45, 7) is 11.0. The molecule has 18 heavy (non-hydrogen) atoms. The van der Waals surface area contributed by atoms with Crippen molar-refractivity contribution in [2.75, 3.05) is 0 Å². The van der Waals surface area contributed by atoms with Crippen molar-refractivity contribution in [1.29, 1.82) is 0 Å². The van der Waals surface area contributed by atoms with Gasteiger partial charge in [0.2, 0.25) is 0 Å². The molecule has 0 N–H and O–H groups in total. The first-order valence-corrected chi connectivity index (χ1v) is 6.77. The van der Waals surface area contributed by atoms with Crippen molar-refractivity contribution in [1.82, 2.24) is 0 Å². The summed E-state index contributed by atoms with van der Waals surface area (Å²) in [4.78, 5) is 0. The highest BCUT2D eigenvalue weighted by Gasteiger charge is 2.13. The van der Waals surface area contributed by atoms with Crippen LogP contribution in [0, 0.1) is 20.8 Å². The third-order valence-electron chi connectivity index (χ3n) is 3.81. The highest BCUT2D eigenvalue weighted by molar-refractivity contribution is 6.62. The summed E-state index contributed by atoms with van der Waals surface area (Å²) in [6, 6.07) is 4.55. The first-order valence-electron chi connectivity index (χ1n) is 6.77. The molecular formula is C17H22B. The molecule has 0 saturated carbocycles. The smallest absolute Gasteiger partial charge is 0.0993 e. The molecule has 1 heteroatoms. The Morgan fingerprint density at radius 3 is 2.06 bits per heavy atom. The van der Waals surface area contributed by atoms with Gasteiger partial charge in [-0.05, 0) is 47.5 Å².